The Morgan fingerprint density at radius 1 is 1.09 bits per heavy atom. The lowest BCUT2D eigenvalue weighted by molar-refractivity contribution is -0.140. The number of carbonyl (C=O) groups is 2. The van der Waals surface area contributed by atoms with Gasteiger partial charge in [0.15, 0.2) is 0 Å². The van der Waals surface area contributed by atoms with Crippen LogP contribution in [0.5, 0.6) is 5.75 Å². The van der Waals surface area contributed by atoms with Crippen LogP contribution >= 0.6 is 0 Å². The van der Waals surface area contributed by atoms with Gasteiger partial charge in [0.2, 0.25) is 0 Å². The first-order valence-corrected chi connectivity index (χ1v) is 11.6. The van der Waals surface area contributed by atoms with Crippen LogP contribution < -0.4 is 4.74 Å². The van der Waals surface area contributed by atoms with E-state index in [2.05, 4.69) is 11.5 Å². The van der Waals surface area contributed by atoms with Crippen LogP contribution in [0.3, 0.4) is 0 Å². The van der Waals surface area contributed by atoms with Gasteiger partial charge >= 0.3 is 0 Å². The summed E-state index contributed by atoms with van der Waals surface area (Å²) in [6, 6.07) is 15.5. The standard InChI is InChI=1S/C27H30N2O5/c1-2-16-34-22-11-6-10-21(19-22)24-23(25(30)20-8-4-3-5-9-20)26(31)27(32)29(24)13-7-12-28-14-17-33-18-15-28/h2-6,8-11,19,24,30H,1,7,12-18H2/b25-23-. The van der Waals surface area contributed by atoms with E-state index in [1.807, 2.05) is 30.3 Å². The monoisotopic (exact) mass is 462 g/mol. The lowest BCUT2D eigenvalue weighted by Crippen LogP contribution is -2.38. The number of hydrogen-bond donors (Lipinski definition) is 1. The number of likely N-dealkylation sites (tertiary alicyclic amines) is 1. The normalized spacial score (nSPS) is 20.5. The van der Waals surface area contributed by atoms with Crippen LogP contribution in [0.25, 0.3) is 5.76 Å². The predicted octanol–water partition coefficient (Wildman–Crippen LogP) is 3.40. The number of ether oxygens (including phenoxy) is 2. The highest BCUT2D eigenvalue weighted by Crippen LogP contribution is 2.40. The van der Waals surface area contributed by atoms with E-state index in [0.717, 1.165) is 19.6 Å². The quantitative estimate of drug-likeness (QED) is 0.266. The van der Waals surface area contributed by atoms with Gasteiger partial charge in [0.05, 0.1) is 24.8 Å². The number of rotatable bonds is 9. The summed E-state index contributed by atoms with van der Waals surface area (Å²) in [7, 11) is 0. The minimum atomic E-state index is -0.697. The number of carbonyl (C=O) groups excluding carboxylic acids is 2. The minimum Gasteiger partial charge on any atom is -0.507 e. The van der Waals surface area contributed by atoms with Crippen molar-refractivity contribution in [1.29, 1.82) is 0 Å². The molecule has 0 aliphatic carbocycles. The highest BCUT2D eigenvalue weighted by Gasteiger charge is 2.45. The van der Waals surface area contributed by atoms with Gasteiger partial charge in [-0.15, -0.1) is 0 Å². The van der Waals surface area contributed by atoms with E-state index in [4.69, 9.17) is 9.47 Å². The Bertz CT molecular complexity index is 1060. The van der Waals surface area contributed by atoms with E-state index >= 15 is 0 Å². The molecule has 0 bridgehead atoms. The predicted molar refractivity (Wildman–Crippen MR) is 129 cm³/mol. The number of Topliss-reactive ketones (excluding diaryl/α,β-unsaturated/α-hetero) is 1. The second-order valence-corrected chi connectivity index (χ2v) is 8.34. The van der Waals surface area contributed by atoms with E-state index in [9.17, 15) is 14.7 Å². The Balaban J connectivity index is 1.67. The maximum atomic E-state index is 13.2. The molecule has 34 heavy (non-hydrogen) atoms. The van der Waals surface area contributed by atoms with Gasteiger partial charge in [-0.05, 0) is 24.1 Å². The molecule has 1 N–H and O–H groups in total. The summed E-state index contributed by atoms with van der Waals surface area (Å²) in [4.78, 5) is 30.2. The SMILES string of the molecule is C=CCOc1cccc(C2/C(=C(/O)c3ccccc3)C(=O)C(=O)N2CCCN2CCOCC2)c1. The van der Waals surface area contributed by atoms with Crippen molar-refractivity contribution in [3.05, 3.63) is 84.0 Å². The first-order chi connectivity index (χ1) is 16.6. The molecule has 2 heterocycles. The van der Waals surface area contributed by atoms with Crippen LogP contribution in [0.4, 0.5) is 0 Å². The van der Waals surface area contributed by atoms with Crippen molar-refractivity contribution in [2.75, 3.05) is 46.0 Å². The van der Waals surface area contributed by atoms with Crippen molar-refractivity contribution in [2.24, 2.45) is 0 Å². The Kier molecular flexibility index (Phi) is 7.77. The molecule has 0 spiro atoms. The molecule has 2 fully saturated rings. The molecule has 1 atom stereocenters. The Hall–Kier alpha value is -3.42. The smallest absolute Gasteiger partial charge is 0.295 e. The van der Waals surface area contributed by atoms with Crippen LogP contribution in [-0.2, 0) is 14.3 Å². The van der Waals surface area contributed by atoms with Crippen molar-refractivity contribution in [3.8, 4) is 5.75 Å². The summed E-state index contributed by atoms with van der Waals surface area (Å²) in [6.45, 7) is 8.35. The molecule has 7 heteroatoms. The maximum Gasteiger partial charge on any atom is 0.295 e. The molecule has 178 valence electrons. The molecule has 2 saturated heterocycles. The Labute approximate surface area is 199 Å². The first-order valence-electron chi connectivity index (χ1n) is 11.6. The molecule has 0 radical (unpaired) electrons. The summed E-state index contributed by atoms with van der Waals surface area (Å²) in [5, 5.41) is 11.1. The fraction of sp³-hybridized carbons (Fsp3) is 0.333. The second-order valence-electron chi connectivity index (χ2n) is 8.34. The molecule has 4 rings (SSSR count). The fourth-order valence-corrected chi connectivity index (χ4v) is 4.43. The van der Waals surface area contributed by atoms with Crippen molar-refractivity contribution in [2.45, 2.75) is 12.5 Å². The highest BCUT2D eigenvalue weighted by atomic mass is 16.5. The lowest BCUT2D eigenvalue weighted by Gasteiger charge is -2.29. The van der Waals surface area contributed by atoms with Crippen molar-refractivity contribution in [1.82, 2.24) is 9.80 Å². The van der Waals surface area contributed by atoms with Crippen molar-refractivity contribution < 1.29 is 24.2 Å². The fourth-order valence-electron chi connectivity index (χ4n) is 4.43. The van der Waals surface area contributed by atoms with Crippen LogP contribution in [-0.4, -0.2) is 72.6 Å². The molecule has 2 aliphatic heterocycles. The van der Waals surface area contributed by atoms with Gasteiger partial charge in [-0.2, -0.15) is 0 Å². The highest BCUT2D eigenvalue weighted by molar-refractivity contribution is 6.46. The molecule has 0 aromatic heterocycles. The second kappa shape index (κ2) is 11.1. The number of aliphatic hydroxyl groups is 1. The van der Waals surface area contributed by atoms with Crippen molar-refractivity contribution >= 4 is 17.4 Å². The van der Waals surface area contributed by atoms with E-state index < -0.39 is 17.7 Å². The van der Waals surface area contributed by atoms with Gasteiger partial charge in [0, 0.05) is 31.7 Å². The summed E-state index contributed by atoms with van der Waals surface area (Å²) >= 11 is 0. The zero-order valence-electron chi connectivity index (χ0n) is 19.2. The number of aliphatic hydroxyl groups excluding tert-OH is 1. The molecular weight excluding hydrogens is 432 g/mol. The number of hydrogen-bond acceptors (Lipinski definition) is 6. The third kappa shape index (κ3) is 5.21. The number of nitrogens with zero attached hydrogens (tertiary/aromatic N) is 2. The van der Waals surface area contributed by atoms with E-state index in [1.165, 1.54) is 0 Å². The lowest BCUT2D eigenvalue weighted by atomic mass is 9.95. The van der Waals surface area contributed by atoms with Crippen LogP contribution in [0.15, 0.2) is 72.8 Å². The van der Waals surface area contributed by atoms with Gasteiger partial charge in [-0.25, -0.2) is 0 Å². The molecular formula is C27H30N2O5. The zero-order chi connectivity index (χ0) is 23.9. The molecule has 1 amide bonds. The Morgan fingerprint density at radius 3 is 2.59 bits per heavy atom. The molecule has 7 nitrogen and oxygen atoms in total. The van der Waals surface area contributed by atoms with Gasteiger partial charge in [0.1, 0.15) is 18.1 Å². The molecule has 1 unspecified atom stereocenters. The maximum absolute atomic E-state index is 13.2. The number of morpholine rings is 1. The summed E-state index contributed by atoms with van der Waals surface area (Å²) in [5.74, 6) is -0.829. The largest absolute Gasteiger partial charge is 0.507 e. The average molecular weight is 463 g/mol. The van der Waals surface area contributed by atoms with Crippen LogP contribution in [0.2, 0.25) is 0 Å². The van der Waals surface area contributed by atoms with E-state index in [1.54, 1.807) is 35.2 Å². The molecule has 0 saturated carbocycles. The zero-order valence-corrected chi connectivity index (χ0v) is 19.2. The Morgan fingerprint density at radius 2 is 1.85 bits per heavy atom. The van der Waals surface area contributed by atoms with Gasteiger partial charge in [-0.3, -0.25) is 14.5 Å². The summed E-state index contributed by atoms with van der Waals surface area (Å²) < 4.78 is 11.1. The average Bonchev–Trinajstić information content (AvgIpc) is 3.13. The van der Waals surface area contributed by atoms with Gasteiger partial charge < -0.3 is 19.5 Å². The summed E-state index contributed by atoms with van der Waals surface area (Å²) in [6.07, 6.45) is 2.36. The van der Waals surface area contributed by atoms with Crippen molar-refractivity contribution in [3.63, 3.8) is 0 Å². The van der Waals surface area contributed by atoms with Crippen LogP contribution in [0, 0.1) is 0 Å². The summed E-state index contributed by atoms with van der Waals surface area (Å²) in [5.41, 5.74) is 1.31. The van der Waals surface area contributed by atoms with Gasteiger partial charge in [-0.1, -0.05) is 55.1 Å². The third-order valence-corrected chi connectivity index (χ3v) is 6.11. The van der Waals surface area contributed by atoms with E-state index in [-0.39, 0.29) is 11.3 Å². The number of benzene rings is 2. The van der Waals surface area contributed by atoms with Crippen LogP contribution in [0.1, 0.15) is 23.6 Å². The first kappa shape index (κ1) is 23.7. The van der Waals surface area contributed by atoms with E-state index in [0.29, 0.717) is 49.7 Å². The third-order valence-electron chi connectivity index (χ3n) is 6.11. The molecule has 2 aromatic carbocycles. The number of amides is 1. The topological polar surface area (TPSA) is 79.3 Å². The van der Waals surface area contributed by atoms with Gasteiger partial charge in [0.25, 0.3) is 11.7 Å². The molecule has 2 aromatic rings. The number of ketones is 1. The minimum absolute atomic E-state index is 0.100. The molecule has 2 aliphatic rings.